The normalized spacial score (nSPS) is 14.7. The van der Waals surface area contributed by atoms with Gasteiger partial charge in [0.15, 0.2) is 0 Å². The Morgan fingerprint density at radius 1 is 1.13 bits per heavy atom. The molecule has 0 bridgehead atoms. The van der Waals surface area contributed by atoms with Gasteiger partial charge in [-0.2, -0.15) is 5.10 Å². The Hall–Kier alpha value is -2.17. The zero-order valence-electron chi connectivity index (χ0n) is 13.2. The molecule has 1 heterocycles. The minimum absolute atomic E-state index is 0.0789. The van der Waals surface area contributed by atoms with Crippen LogP contribution < -0.4 is 5.32 Å². The van der Waals surface area contributed by atoms with Gasteiger partial charge in [0.05, 0.1) is 5.69 Å². The summed E-state index contributed by atoms with van der Waals surface area (Å²) in [5, 5.41) is 7.42. The van der Waals surface area contributed by atoms with Gasteiger partial charge >= 0.3 is 0 Å². The predicted molar refractivity (Wildman–Crippen MR) is 86.3 cm³/mol. The van der Waals surface area contributed by atoms with Crippen LogP contribution in [0.3, 0.4) is 0 Å². The van der Waals surface area contributed by atoms with Crippen LogP contribution in [-0.4, -0.2) is 15.7 Å². The van der Waals surface area contributed by atoms with Gasteiger partial charge in [0.2, 0.25) is 5.91 Å². The highest BCUT2D eigenvalue weighted by Gasteiger charge is 2.13. The first-order valence-electron chi connectivity index (χ1n) is 8.27. The fourth-order valence-corrected chi connectivity index (χ4v) is 2.97. The van der Waals surface area contributed by atoms with E-state index in [2.05, 4.69) is 10.4 Å². The largest absolute Gasteiger partial charge is 0.350 e. The van der Waals surface area contributed by atoms with Crippen molar-refractivity contribution in [3.63, 3.8) is 0 Å². The molecule has 1 amide bonds. The van der Waals surface area contributed by atoms with Gasteiger partial charge in [-0.15, -0.1) is 0 Å². The molecule has 5 heteroatoms. The van der Waals surface area contributed by atoms with Gasteiger partial charge in [-0.3, -0.25) is 9.48 Å². The quantitative estimate of drug-likeness (QED) is 0.943. The second-order valence-corrected chi connectivity index (χ2v) is 6.12. The number of fused-ring (bicyclic) bond motifs is 1. The monoisotopic (exact) mass is 315 g/mol. The molecule has 3 rings (SSSR count). The fraction of sp³-hybridized carbons (Fsp3) is 0.444. The summed E-state index contributed by atoms with van der Waals surface area (Å²) in [5.74, 6) is -0.348. The summed E-state index contributed by atoms with van der Waals surface area (Å²) in [7, 11) is 0. The molecule has 0 spiro atoms. The maximum Gasteiger partial charge on any atom is 0.241 e. The van der Waals surface area contributed by atoms with E-state index >= 15 is 0 Å². The first-order chi connectivity index (χ1) is 11.2. The number of halogens is 1. The van der Waals surface area contributed by atoms with Crippen molar-refractivity contribution in [1.82, 2.24) is 15.1 Å². The van der Waals surface area contributed by atoms with Gasteiger partial charge in [-0.1, -0.05) is 25.0 Å². The Kier molecular flexibility index (Phi) is 5.05. The second kappa shape index (κ2) is 7.40. The van der Waals surface area contributed by atoms with E-state index in [1.807, 2.05) is 6.20 Å². The van der Waals surface area contributed by atoms with Crippen LogP contribution in [0.5, 0.6) is 0 Å². The van der Waals surface area contributed by atoms with Crippen LogP contribution >= 0.6 is 0 Å². The molecule has 1 aromatic heterocycles. The van der Waals surface area contributed by atoms with Crippen molar-refractivity contribution in [3.05, 3.63) is 53.1 Å². The van der Waals surface area contributed by atoms with Crippen molar-refractivity contribution in [2.45, 2.75) is 51.6 Å². The van der Waals surface area contributed by atoms with E-state index < -0.39 is 0 Å². The topological polar surface area (TPSA) is 46.9 Å². The smallest absolute Gasteiger partial charge is 0.241 e. The molecule has 0 fully saturated rings. The van der Waals surface area contributed by atoms with Gasteiger partial charge < -0.3 is 5.32 Å². The molecule has 4 nitrogen and oxygen atoms in total. The van der Waals surface area contributed by atoms with Crippen molar-refractivity contribution in [2.24, 2.45) is 0 Å². The fourth-order valence-electron chi connectivity index (χ4n) is 2.97. The van der Waals surface area contributed by atoms with Gasteiger partial charge in [0.1, 0.15) is 12.4 Å². The Morgan fingerprint density at radius 2 is 1.87 bits per heavy atom. The molecular formula is C18H22FN3O. The lowest BCUT2D eigenvalue weighted by molar-refractivity contribution is -0.122. The lowest BCUT2D eigenvalue weighted by Gasteiger charge is -2.06. The summed E-state index contributed by atoms with van der Waals surface area (Å²) in [6, 6.07) is 6.15. The molecule has 0 radical (unpaired) electrons. The minimum atomic E-state index is -0.269. The third-order valence-electron chi connectivity index (χ3n) is 4.24. The average Bonchev–Trinajstić information content (AvgIpc) is 2.88. The molecule has 0 aliphatic heterocycles. The molecule has 0 unspecified atom stereocenters. The second-order valence-electron chi connectivity index (χ2n) is 6.12. The zero-order chi connectivity index (χ0) is 16.1. The third-order valence-corrected chi connectivity index (χ3v) is 4.24. The average molecular weight is 315 g/mol. The SMILES string of the molecule is O=C(Cn1cc2c(n1)CCCCCC2)NCc1ccc(F)cc1. The zero-order valence-corrected chi connectivity index (χ0v) is 13.2. The van der Waals surface area contributed by atoms with Crippen molar-refractivity contribution in [2.75, 3.05) is 0 Å². The van der Waals surface area contributed by atoms with Crippen molar-refractivity contribution >= 4 is 5.91 Å². The molecule has 0 saturated carbocycles. The van der Waals surface area contributed by atoms with E-state index in [9.17, 15) is 9.18 Å². The Morgan fingerprint density at radius 3 is 2.65 bits per heavy atom. The van der Waals surface area contributed by atoms with E-state index in [4.69, 9.17) is 0 Å². The molecule has 23 heavy (non-hydrogen) atoms. The molecule has 0 saturated heterocycles. The molecule has 1 aromatic carbocycles. The third kappa shape index (κ3) is 4.41. The number of aryl methyl sites for hydroxylation is 2. The first kappa shape index (κ1) is 15.7. The number of nitrogens with zero attached hydrogens (tertiary/aromatic N) is 2. The summed E-state index contributed by atoms with van der Waals surface area (Å²) >= 11 is 0. The molecule has 1 aliphatic carbocycles. The number of carbonyl (C=O) groups is 1. The lowest BCUT2D eigenvalue weighted by atomic mass is 9.99. The number of hydrogen-bond donors (Lipinski definition) is 1. The van der Waals surface area contributed by atoms with Crippen LogP contribution in [0, 0.1) is 5.82 Å². The van der Waals surface area contributed by atoms with Crippen molar-refractivity contribution in [1.29, 1.82) is 0 Å². The number of amides is 1. The summed E-state index contributed by atoms with van der Waals surface area (Å²) in [6.07, 6.45) is 9.02. The van der Waals surface area contributed by atoms with Crippen LogP contribution in [0.2, 0.25) is 0 Å². The summed E-state index contributed by atoms with van der Waals surface area (Å²) in [4.78, 5) is 12.1. The molecule has 0 atom stereocenters. The van der Waals surface area contributed by atoms with Gasteiger partial charge in [0, 0.05) is 12.7 Å². The first-order valence-corrected chi connectivity index (χ1v) is 8.27. The standard InChI is InChI=1S/C18H22FN3O/c19-16-9-7-14(8-10-16)11-20-18(23)13-22-12-15-5-3-1-2-4-6-17(15)21-22/h7-10,12H,1-6,11,13H2,(H,20,23). The minimum Gasteiger partial charge on any atom is -0.350 e. The molecule has 2 aromatic rings. The predicted octanol–water partition coefficient (Wildman–Crippen LogP) is 3.00. The molecular weight excluding hydrogens is 293 g/mol. The maximum atomic E-state index is 12.8. The van der Waals surface area contributed by atoms with E-state index in [0.717, 1.165) is 24.1 Å². The maximum absolute atomic E-state index is 12.8. The van der Waals surface area contributed by atoms with Crippen LogP contribution in [0.1, 0.15) is 42.5 Å². The summed E-state index contributed by atoms with van der Waals surface area (Å²) < 4.78 is 14.6. The van der Waals surface area contributed by atoms with Crippen LogP contribution in [0.4, 0.5) is 4.39 Å². The van der Waals surface area contributed by atoms with E-state index in [1.54, 1.807) is 16.8 Å². The number of nitrogens with one attached hydrogen (secondary N) is 1. The highest BCUT2D eigenvalue weighted by atomic mass is 19.1. The summed E-state index contributed by atoms with van der Waals surface area (Å²) in [6.45, 7) is 0.633. The lowest BCUT2D eigenvalue weighted by Crippen LogP contribution is -2.27. The van der Waals surface area contributed by atoms with Gasteiger partial charge in [-0.05, 0) is 48.9 Å². The Labute approximate surface area is 135 Å². The van der Waals surface area contributed by atoms with Crippen LogP contribution in [-0.2, 0) is 30.7 Å². The van der Waals surface area contributed by atoms with Crippen molar-refractivity contribution in [3.8, 4) is 0 Å². The van der Waals surface area contributed by atoms with Crippen molar-refractivity contribution < 1.29 is 9.18 Å². The molecule has 122 valence electrons. The van der Waals surface area contributed by atoms with E-state index in [1.165, 1.54) is 43.4 Å². The highest BCUT2D eigenvalue weighted by molar-refractivity contribution is 5.75. The van der Waals surface area contributed by atoms with Gasteiger partial charge in [-0.25, -0.2) is 4.39 Å². The Balaban J connectivity index is 1.55. The molecule has 1 aliphatic rings. The van der Waals surface area contributed by atoms with E-state index in [-0.39, 0.29) is 18.3 Å². The molecule has 1 N–H and O–H groups in total. The Bertz CT molecular complexity index is 638. The van der Waals surface area contributed by atoms with Crippen LogP contribution in [0.15, 0.2) is 30.5 Å². The van der Waals surface area contributed by atoms with Crippen LogP contribution in [0.25, 0.3) is 0 Å². The number of hydrogen-bond acceptors (Lipinski definition) is 2. The number of benzene rings is 1. The van der Waals surface area contributed by atoms with E-state index in [0.29, 0.717) is 6.54 Å². The number of carbonyl (C=O) groups excluding carboxylic acids is 1. The van der Waals surface area contributed by atoms with Gasteiger partial charge in [0.25, 0.3) is 0 Å². The number of aromatic nitrogens is 2. The highest BCUT2D eigenvalue weighted by Crippen LogP contribution is 2.18. The summed E-state index contributed by atoms with van der Waals surface area (Å²) in [5.41, 5.74) is 3.32. The number of rotatable bonds is 4.